The van der Waals surface area contributed by atoms with Gasteiger partial charge in [-0.25, -0.2) is 4.79 Å². The van der Waals surface area contributed by atoms with Crippen LogP contribution in [0, 0.1) is 0 Å². The van der Waals surface area contributed by atoms with Crippen LogP contribution in [0.2, 0.25) is 0 Å². The first-order chi connectivity index (χ1) is 21.3. The maximum atomic E-state index is 12.2. The molecule has 0 atom stereocenters. The normalized spacial score (nSPS) is 12.3. The van der Waals surface area contributed by atoms with E-state index in [1.165, 1.54) is 47.9 Å². The molecule has 2 aromatic carbocycles. The van der Waals surface area contributed by atoms with Crippen molar-refractivity contribution in [1.82, 2.24) is 5.32 Å². The van der Waals surface area contributed by atoms with Crippen molar-refractivity contribution in [3.63, 3.8) is 0 Å². The van der Waals surface area contributed by atoms with Crippen LogP contribution in [0.5, 0.6) is 0 Å². The van der Waals surface area contributed by atoms with Crippen molar-refractivity contribution in [3.8, 4) is 11.1 Å². The van der Waals surface area contributed by atoms with Gasteiger partial charge in [0.1, 0.15) is 6.61 Å². The van der Waals surface area contributed by atoms with Crippen LogP contribution in [0.25, 0.3) is 11.1 Å². The minimum atomic E-state index is -0.441. The van der Waals surface area contributed by atoms with Crippen LogP contribution in [0.3, 0.4) is 0 Å². The van der Waals surface area contributed by atoms with Crippen LogP contribution in [0.15, 0.2) is 48.5 Å². The lowest BCUT2D eigenvalue weighted by atomic mass is 9.98. The molecule has 0 unspecified atom stereocenters. The number of hydrogen-bond donors (Lipinski definition) is 1. The highest BCUT2D eigenvalue weighted by Crippen LogP contribution is 2.44. The highest BCUT2D eigenvalue weighted by Gasteiger charge is 2.28. The predicted molar refractivity (Wildman–Crippen MR) is 167 cm³/mol. The minimum absolute atomic E-state index is 0.0489. The van der Waals surface area contributed by atoms with Crippen LogP contribution in [0.4, 0.5) is 4.79 Å². The summed E-state index contributed by atoms with van der Waals surface area (Å²) in [6.45, 7) is 9.38. The molecule has 9 heteroatoms. The number of ether oxygens (including phenoxy) is 7. The summed E-state index contributed by atoms with van der Waals surface area (Å²) in [7, 11) is 0. The van der Waals surface area contributed by atoms with Gasteiger partial charge in [0, 0.05) is 19.1 Å². The fourth-order valence-electron chi connectivity index (χ4n) is 4.88. The van der Waals surface area contributed by atoms with E-state index >= 15 is 0 Å². The number of rotatable bonds is 26. The van der Waals surface area contributed by atoms with E-state index in [9.17, 15) is 4.79 Å². The van der Waals surface area contributed by atoms with Gasteiger partial charge >= 0.3 is 6.09 Å². The van der Waals surface area contributed by atoms with Gasteiger partial charge in [-0.15, -0.1) is 0 Å². The Hall–Kier alpha value is -2.53. The van der Waals surface area contributed by atoms with Crippen molar-refractivity contribution in [2.45, 2.75) is 44.9 Å². The number of alkyl carbamates (subject to hydrolysis) is 1. The molecule has 240 valence electrons. The maximum Gasteiger partial charge on any atom is 0.407 e. The molecule has 0 bridgehead atoms. The Labute approximate surface area is 257 Å². The number of carbonyl (C=O) groups excluding carboxylic acids is 1. The zero-order valence-corrected chi connectivity index (χ0v) is 25.9. The Balaban J connectivity index is 1.03. The molecule has 1 aliphatic rings. The van der Waals surface area contributed by atoms with Crippen LogP contribution in [0.1, 0.15) is 56.1 Å². The van der Waals surface area contributed by atoms with Crippen LogP contribution in [-0.4, -0.2) is 98.5 Å². The van der Waals surface area contributed by atoms with Gasteiger partial charge in [-0.05, 0) is 28.7 Å². The third kappa shape index (κ3) is 14.2. The second-order valence-electron chi connectivity index (χ2n) is 10.3. The molecule has 0 aromatic heterocycles. The van der Waals surface area contributed by atoms with Gasteiger partial charge in [0.15, 0.2) is 0 Å². The minimum Gasteiger partial charge on any atom is -0.449 e. The average molecular weight is 602 g/mol. The van der Waals surface area contributed by atoms with E-state index in [1.54, 1.807) is 0 Å². The van der Waals surface area contributed by atoms with Crippen molar-refractivity contribution in [2.24, 2.45) is 0 Å². The molecule has 1 N–H and O–H groups in total. The van der Waals surface area contributed by atoms with Crippen LogP contribution < -0.4 is 5.32 Å². The fraction of sp³-hybridized carbons (Fsp3) is 0.618. The smallest absolute Gasteiger partial charge is 0.407 e. The molecule has 3 rings (SSSR count). The molecule has 0 radical (unpaired) electrons. The van der Waals surface area contributed by atoms with E-state index in [1.807, 2.05) is 24.3 Å². The first kappa shape index (κ1) is 35.0. The third-order valence-electron chi connectivity index (χ3n) is 7.11. The maximum absolute atomic E-state index is 12.2. The first-order valence-corrected chi connectivity index (χ1v) is 15.9. The number of carbonyl (C=O) groups is 1. The molecular weight excluding hydrogens is 550 g/mol. The number of benzene rings is 2. The van der Waals surface area contributed by atoms with Crippen molar-refractivity contribution in [1.29, 1.82) is 0 Å². The molecule has 0 fully saturated rings. The molecule has 1 amide bonds. The van der Waals surface area contributed by atoms with Gasteiger partial charge in [-0.2, -0.15) is 0 Å². The van der Waals surface area contributed by atoms with E-state index in [-0.39, 0.29) is 5.92 Å². The lowest BCUT2D eigenvalue weighted by molar-refractivity contribution is -0.0167. The number of nitrogens with one attached hydrogen (secondary N) is 1. The number of hydrogen-bond acceptors (Lipinski definition) is 8. The molecule has 2 aromatic rings. The summed E-state index contributed by atoms with van der Waals surface area (Å²) in [5.41, 5.74) is 4.81. The van der Waals surface area contributed by atoms with E-state index in [0.717, 1.165) is 13.0 Å². The fourth-order valence-corrected chi connectivity index (χ4v) is 4.88. The summed E-state index contributed by atoms with van der Waals surface area (Å²) < 4.78 is 38.6. The van der Waals surface area contributed by atoms with Crippen molar-refractivity contribution < 1.29 is 38.0 Å². The standard InChI is InChI=1S/C34H51NO8/c1-2-3-4-5-10-16-37-18-20-39-22-24-41-26-27-42-25-23-40-21-19-38-17-15-35-34(36)43-28-33-31-13-8-6-11-29(31)30-12-7-9-14-32(30)33/h6-9,11-14,33H,2-5,10,15-28H2,1H3,(H,35,36). The van der Waals surface area contributed by atoms with Crippen molar-refractivity contribution >= 4 is 6.09 Å². The summed E-state index contributed by atoms with van der Waals surface area (Å²) >= 11 is 0. The predicted octanol–water partition coefficient (Wildman–Crippen LogP) is 5.60. The average Bonchev–Trinajstić information content (AvgIpc) is 3.35. The van der Waals surface area contributed by atoms with Crippen molar-refractivity contribution in [3.05, 3.63) is 59.7 Å². The second kappa shape index (κ2) is 22.9. The molecular formula is C34H51NO8. The van der Waals surface area contributed by atoms with Gasteiger partial charge in [0.2, 0.25) is 0 Å². The summed E-state index contributed by atoms with van der Waals surface area (Å²) in [6, 6.07) is 16.6. The Bertz CT molecular complexity index is 958. The lowest BCUT2D eigenvalue weighted by Gasteiger charge is -2.14. The van der Waals surface area contributed by atoms with E-state index in [2.05, 4.69) is 36.5 Å². The van der Waals surface area contributed by atoms with Gasteiger partial charge in [-0.1, -0.05) is 81.1 Å². The quantitative estimate of drug-likeness (QED) is 0.139. The molecule has 0 saturated carbocycles. The molecule has 43 heavy (non-hydrogen) atoms. The Morgan fingerprint density at radius 1 is 0.581 bits per heavy atom. The number of unbranched alkanes of at least 4 members (excludes halogenated alkanes) is 4. The van der Waals surface area contributed by atoms with Gasteiger partial charge in [-0.3, -0.25) is 0 Å². The Morgan fingerprint density at radius 3 is 1.53 bits per heavy atom. The van der Waals surface area contributed by atoms with Gasteiger partial charge < -0.3 is 38.5 Å². The zero-order chi connectivity index (χ0) is 30.2. The van der Waals surface area contributed by atoms with Crippen LogP contribution in [-0.2, 0) is 33.2 Å². The topological polar surface area (TPSA) is 93.7 Å². The molecule has 9 nitrogen and oxygen atoms in total. The largest absolute Gasteiger partial charge is 0.449 e. The van der Waals surface area contributed by atoms with Crippen LogP contribution >= 0.6 is 0 Å². The highest BCUT2D eigenvalue weighted by molar-refractivity contribution is 5.79. The van der Waals surface area contributed by atoms with Gasteiger partial charge in [0.05, 0.1) is 72.7 Å². The van der Waals surface area contributed by atoms with E-state index < -0.39 is 6.09 Å². The lowest BCUT2D eigenvalue weighted by Crippen LogP contribution is -2.29. The first-order valence-electron chi connectivity index (χ1n) is 15.9. The summed E-state index contributed by atoms with van der Waals surface area (Å²) in [6.07, 6.45) is 5.82. The highest BCUT2D eigenvalue weighted by atomic mass is 16.6. The third-order valence-corrected chi connectivity index (χ3v) is 7.11. The summed E-state index contributed by atoms with van der Waals surface area (Å²) in [5, 5.41) is 2.75. The second-order valence-corrected chi connectivity index (χ2v) is 10.3. The molecule has 1 aliphatic carbocycles. The monoisotopic (exact) mass is 601 g/mol. The van der Waals surface area contributed by atoms with E-state index in [4.69, 9.17) is 33.2 Å². The Kier molecular flexibility index (Phi) is 18.6. The molecule has 0 heterocycles. The zero-order valence-electron chi connectivity index (χ0n) is 25.9. The number of fused-ring (bicyclic) bond motifs is 3. The molecule has 0 spiro atoms. The summed E-state index contributed by atoms with van der Waals surface area (Å²) in [5.74, 6) is 0.0489. The molecule has 0 aliphatic heterocycles. The summed E-state index contributed by atoms with van der Waals surface area (Å²) in [4.78, 5) is 12.2. The SMILES string of the molecule is CCCCCCCOCCOCCOCCOCCOCCOCCNC(=O)OCC1c2ccccc2-c2ccccc21. The molecule has 0 saturated heterocycles. The number of amides is 1. The Morgan fingerprint density at radius 2 is 1.02 bits per heavy atom. The van der Waals surface area contributed by atoms with Gasteiger partial charge in [0.25, 0.3) is 0 Å². The van der Waals surface area contributed by atoms with Crippen molar-refractivity contribution in [2.75, 3.05) is 92.4 Å². The van der Waals surface area contributed by atoms with E-state index in [0.29, 0.717) is 85.8 Å².